The smallest absolute Gasteiger partial charge is 0.140 e. The Hall–Kier alpha value is -1.59. The van der Waals surface area contributed by atoms with Gasteiger partial charge < -0.3 is 14.4 Å². The molecule has 90 valence electrons. The summed E-state index contributed by atoms with van der Waals surface area (Å²) in [6.07, 6.45) is 2.98. The maximum atomic E-state index is 9.26. The van der Waals surface area contributed by atoms with Crippen molar-refractivity contribution in [3.05, 3.63) is 41.2 Å². The van der Waals surface area contributed by atoms with Gasteiger partial charge in [0.05, 0.1) is 25.0 Å². The van der Waals surface area contributed by atoms with Crippen LogP contribution < -0.4 is 4.90 Å². The molecule has 1 N–H and O–H groups in total. The number of anilines is 1. The molecular formula is C11H12ClN3O2. The van der Waals surface area contributed by atoms with Crippen molar-refractivity contribution in [3.63, 3.8) is 0 Å². The van der Waals surface area contributed by atoms with Crippen LogP contribution in [0.25, 0.3) is 0 Å². The number of hydrogen-bond donors (Lipinski definition) is 1. The van der Waals surface area contributed by atoms with E-state index in [1.807, 2.05) is 24.1 Å². The van der Waals surface area contributed by atoms with Gasteiger partial charge in [-0.25, -0.2) is 9.97 Å². The molecule has 0 atom stereocenters. The molecule has 0 saturated carbocycles. The number of aromatic nitrogens is 2. The largest absolute Gasteiger partial charge is 0.467 e. The molecule has 2 rings (SSSR count). The van der Waals surface area contributed by atoms with Crippen molar-refractivity contribution in [2.75, 3.05) is 11.9 Å². The summed E-state index contributed by atoms with van der Waals surface area (Å²) in [6, 6.07) is 3.70. The first kappa shape index (κ1) is 11.9. The summed E-state index contributed by atoms with van der Waals surface area (Å²) >= 11 is 5.89. The van der Waals surface area contributed by atoms with Crippen LogP contribution in [-0.4, -0.2) is 22.1 Å². The normalized spacial score (nSPS) is 10.5. The van der Waals surface area contributed by atoms with Crippen LogP contribution in [0.2, 0.25) is 5.15 Å². The summed E-state index contributed by atoms with van der Waals surface area (Å²) in [5.41, 5.74) is 0.517. The third-order valence-corrected chi connectivity index (χ3v) is 2.69. The molecule has 0 radical (unpaired) electrons. The van der Waals surface area contributed by atoms with Crippen molar-refractivity contribution in [2.24, 2.45) is 0 Å². The number of halogens is 1. The molecule has 6 heteroatoms. The maximum Gasteiger partial charge on any atom is 0.140 e. The second kappa shape index (κ2) is 5.16. The highest BCUT2D eigenvalue weighted by Gasteiger charge is 2.13. The van der Waals surface area contributed by atoms with E-state index in [1.165, 1.54) is 6.33 Å². The first-order valence-corrected chi connectivity index (χ1v) is 5.44. The highest BCUT2D eigenvalue weighted by atomic mass is 35.5. The van der Waals surface area contributed by atoms with Crippen molar-refractivity contribution in [1.29, 1.82) is 0 Å². The monoisotopic (exact) mass is 253 g/mol. The van der Waals surface area contributed by atoms with Crippen LogP contribution in [0.5, 0.6) is 0 Å². The molecule has 0 unspecified atom stereocenters. The summed E-state index contributed by atoms with van der Waals surface area (Å²) in [7, 11) is 1.85. The lowest BCUT2D eigenvalue weighted by Crippen LogP contribution is -2.19. The van der Waals surface area contributed by atoms with Gasteiger partial charge in [0.15, 0.2) is 0 Å². The molecule has 0 aliphatic carbocycles. The van der Waals surface area contributed by atoms with Crippen molar-refractivity contribution < 1.29 is 9.52 Å². The van der Waals surface area contributed by atoms with Gasteiger partial charge in [-0.1, -0.05) is 11.6 Å². The van der Waals surface area contributed by atoms with Crippen molar-refractivity contribution in [1.82, 2.24) is 9.97 Å². The van der Waals surface area contributed by atoms with Gasteiger partial charge in [-0.3, -0.25) is 0 Å². The number of nitrogens with zero attached hydrogens (tertiary/aromatic N) is 3. The summed E-state index contributed by atoms with van der Waals surface area (Å²) in [5, 5.41) is 9.53. The molecule has 0 fully saturated rings. The Bertz CT molecular complexity index is 487. The fourth-order valence-electron chi connectivity index (χ4n) is 1.56. The van der Waals surface area contributed by atoms with E-state index >= 15 is 0 Å². The van der Waals surface area contributed by atoms with Crippen LogP contribution in [0.3, 0.4) is 0 Å². The van der Waals surface area contributed by atoms with Crippen molar-refractivity contribution in [3.8, 4) is 0 Å². The zero-order valence-electron chi connectivity index (χ0n) is 9.30. The third-order valence-electron chi connectivity index (χ3n) is 2.36. The average Bonchev–Trinajstić information content (AvgIpc) is 2.81. The van der Waals surface area contributed by atoms with Crippen LogP contribution >= 0.6 is 11.6 Å². The van der Waals surface area contributed by atoms with E-state index in [-0.39, 0.29) is 11.8 Å². The van der Waals surface area contributed by atoms with Crippen molar-refractivity contribution in [2.45, 2.75) is 13.2 Å². The fraction of sp³-hybridized carbons (Fsp3) is 0.273. The van der Waals surface area contributed by atoms with E-state index in [2.05, 4.69) is 9.97 Å². The van der Waals surface area contributed by atoms with Gasteiger partial charge in [0, 0.05) is 7.05 Å². The van der Waals surface area contributed by atoms with Gasteiger partial charge in [-0.15, -0.1) is 0 Å². The Kier molecular flexibility index (Phi) is 3.61. The molecule has 0 aromatic carbocycles. The van der Waals surface area contributed by atoms with Gasteiger partial charge in [0.25, 0.3) is 0 Å². The predicted molar refractivity (Wildman–Crippen MR) is 63.8 cm³/mol. The molecule has 5 nitrogen and oxygen atoms in total. The highest BCUT2D eigenvalue weighted by molar-refractivity contribution is 6.30. The van der Waals surface area contributed by atoms with E-state index < -0.39 is 0 Å². The van der Waals surface area contributed by atoms with Crippen LogP contribution in [0.4, 0.5) is 5.82 Å². The first-order valence-electron chi connectivity index (χ1n) is 5.06. The van der Waals surface area contributed by atoms with E-state index in [0.29, 0.717) is 17.9 Å². The zero-order chi connectivity index (χ0) is 12.3. The summed E-state index contributed by atoms with van der Waals surface area (Å²) in [4.78, 5) is 9.80. The second-order valence-corrected chi connectivity index (χ2v) is 3.92. The first-order chi connectivity index (χ1) is 8.22. The molecule has 0 bridgehead atoms. The van der Waals surface area contributed by atoms with Crippen LogP contribution in [0, 0.1) is 0 Å². The van der Waals surface area contributed by atoms with Gasteiger partial charge in [0.1, 0.15) is 23.1 Å². The standard InChI is InChI=1S/C11H12ClN3O2/c1-15(5-8-3-2-4-17-8)11-9(6-16)10(12)13-7-14-11/h2-4,7,16H,5-6H2,1H3. The highest BCUT2D eigenvalue weighted by Crippen LogP contribution is 2.23. The topological polar surface area (TPSA) is 62.4 Å². The molecule has 2 aromatic rings. The summed E-state index contributed by atoms with van der Waals surface area (Å²) in [5.74, 6) is 1.41. The van der Waals surface area contributed by atoms with E-state index in [9.17, 15) is 5.11 Å². The predicted octanol–water partition coefficient (Wildman–Crippen LogP) is 1.85. The molecule has 0 aliphatic heterocycles. The molecule has 0 amide bonds. The average molecular weight is 254 g/mol. The lowest BCUT2D eigenvalue weighted by Gasteiger charge is -2.19. The summed E-state index contributed by atoms with van der Waals surface area (Å²) < 4.78 is 5.25. The molecule has 17 heavy (non-hydrogen) atoms. The van der Waals surface area contributed by atoms with Gasteiger partial charge in [0.2, 0.25) is 0 Å². The molecule has 2 heterocycles. The lowest BCUT2D eigenvalue weighted by molar-refractivity contribution is 0.281. The Balaban J connectivity index is 2.24. The lowest BCUT2D eigenvalue weighted by atomic mass is 10.3. The Labute approximate surface area is 104 Å². The van der Waals surface area contributed by atoms with Crippen LogP contribution in [0.1, 0.15) is 11.3 Å². The molecule has 2 aromatic heterocycles. The molecular weight excluding hydrogens is 242 g/mol. The maximum absolute atomic E-state index is 9.26. The fourth-order valence-corrected chi connectivity index (χ4v) is 1.75. The number of furan rings is 1. The van der Waals surface area contributed by atoms with Crippen LogP contribution in [0.15, 0.2) is 29.1 Å². The van der Waals surface area contributed by atoms with Gasteiger partial charge >= 0.3 is 0 Å². The minimum atomic E-state index is -0.197. The Morgan fingerprint density at radius 2 is 2.29 bits per heavy atom. The second-order valence-electron chi connectivity index (χ2n) is 3.56. The summed E-state index contributed by atoms with van der Waals surface area (Å²) in [6.45, 7) is 0.352. The van der Waals surface area contributed by atoms with Gasteiger partial charge in [-0.2, -0.15) is 0 Å². The van der Waals surface area contributed by atoms with E-state index in [0.717, 1.165) is 5.76 Å². The van der Waals surface area contributed by atoms with Crippen molar-refractivity contribution >= 4 is 17.4 Å². The van der Waals surface area contributed by atoms with Gasteiger partial charge in [-0.05, 0) is 12.1 Å². The minimum absolute atomic E-state index is 0.197. The number of aliphatic hydroxyl groups excluding tert-OH is 1. The Morgan fingerprint density at radius 1 is 1.47 bits per heavy atom. The number of rotatable bonds is 4. The Morgan fingerprint density at radius 3 is 2.94 bits per heavy atom. The number of aliphatic hydroxyl groups is 1. The number of hydrogen-bond acceptors (Lipinski definition) is 5. The third kappa shape index (κ3) is 2.57. The van der Waals surface area contributed by atoms with E-state index in [4.69, 9.17) is 16.0 Å². The molecule has 0 aliphatic rings. The SMILES string of the molecule is CN(Cc1ccco1)c1ncnc(Cl)c1CO. The molecule has 0 saturated heterocycles. The van der Waals surface area contributed by atoms with E-state index in [1.54, 1.807) is 6.26 Å². The molecule has 0 spiro atoms. The zero-order valence-corrected chi connectivity index (χ0v) is 10.1. The minimum Gasteiger partial charge on any atom is -0.467 e. The van der Waals surface area contributed by atoms with Crippen LogP contribution in [-0.2, 0) is 13.2 Å². The quantitative estimate of drug-likeness (QED) is 0.843.